The molecule has 0 saturated heterocycles. The summed E-state index contributed by atoms with van der Waals surface area (Å²) in [7, 11) is -10.9. The number of benzene rings is 2. The van der Waals surface area contributed by atoms with E-state index in [0.717, 1.165) is 11.1 Å². The molecule has 0 unspecified atom stereocenters. The Hall–Kier alpha value is -4.24. The van der Waals surface area contributed by atoms with Gasteiger partial charge >= 0.3 is 23.0 Å². The van der Waals surface area contributed by atoms with Gasteiger partial charge in [-0.05, 0) is 49.2 Å². The number of rotatable bonds is 2. The van der Waals surface area contributed by atoms with Gasteiger partial charge in [0.25, 0.3) is 0 Å². The third-order valence-corrected chi connectivity index (χ3v) is 5.08. The molecule has 2 aromatic carbocycles. The first-order valence-electron chi connectivity index (χ1n) is 9.71. The molecular weight excluding hydrogens is 618 g/mol. The van der Waals surface area contributed by atoms with Crippen molar-refractivity contribution in [1.82, 2.24) is 0 Å². The molecule has 0 aliphatic heterocycles. The van der Waals surface area contributed by atoms with E-state index in [4.69, 9.17) is 41.6 Å². The van der Waals surface area contributed by atoms with Gasteiger partial charge in [0, 0.05) is 0 Å². The molecule has 0 aliphatic carbocycles. The number of halogens is 6. The molecule has 0 atom stereocenters. The quantitative estimate of drug-likeness (QED) is 0.217. The zero-order chi connectivity index (χ0) is 33.0. The Balaban J connectivity index is 0. The zero-order valence-corrected chi connectivity index (χ0v) is 22.2. The van der Waals surface area contributed by atoms with E-state index in [-0.39, 0.29) is 5.56 Å². The first kappa shape index (κ1) is 38.9. The second-order valence-corrected chi connectivity index (χ2v) is 9.62. The molecule has 0 spiro atoms. The van der Waals surface area contributed by atoms with Gasteiger partial charge in [0.1, 0.15) is 0 Å². The minimum Gasteiger partial charge on any atom is -0.741 e. The van der Waals surface area contributed by atoms with E-state index < -0.39 is 43.2 Å². The first-order valence-corrected chi connectivity index (χ1v) is 12.5. The van der Waals surface area contributed by atoms with Gasteiger partial charge in [0.2, 0.25) is 0 Å². The van der Waals surface area contributed by atoms with Gasteiger partial charge in [-0.15, -0.1) is 0 Å². The number of nitrogens with zero attached hydrogens (tertiary/aromatic N) is 2. The Morgan fingerprint density at radius 3 is 1.32 bits per heavy atom. The number of aryl methyl sites for hydroxylation is 2. The normalized spacial score (nSPS) is 11.0. The lowest BCUT2D eigenvalue weighted by atomic mass is 10.1. The Morgan fingerprint density at radius 1 is 0.780 bits per heavy atom. The van der Waals surface area contributed by atoms with Gasteiger partial charge in [0.15, 0.2) is 20.2 Å². The SMILES string of the molecule is COC(=O)c1ccc(C)c(C#N)c1.Cc1ccc(C(=O)O)cc1C#N.O=S(=O)([O-])C(F)(F)F.O=S(=O)([O-])C(F)(F)F. The third kappa shape index (κ3) is 14.1. The number of carbonyl (C=O) groups is 2. The van der Waals surface area contributed by atoms with Crippen LogP contribution in [0.25, 0.3) is 0 Å². The van der Waals surface area contributed by atoms with Crippen LogP contribution >= 0.6 is 0 Å². The van der Waals surface area contributed by atoms with Gasteiger partial charge in [0.05, 0.1) is 41.5 Å². The third-order valence-electron chi connectivity index (χ3n) is 3.95. The van der Waals surface area contributed by atoms with E-state index in [0.29, 0.717) is 16.7 Å². The molecule has 0 saturated carbocycles. The van der Waals surface area contributed by atoms with Crippen LogP contribution in [0.1, 0.15) is 43.0 Å². The van der Waals surface area contributed by atoms with Crippen LogP contribution < -0.4 is 0 Å². The summed E-state index contributed by atoms with van der Waals surface area (Å²) in [6, 6.07) is 13.3. The fraction of sp³-hybridized carbons (Fsp3) is 0.238. The number of esters is 1. The maximum absolute atomic E-state index is 11.1. The molecule has 2 aromatic rings. The number of hydrogen-bond donors (Lipinski definition) is 1. The second kappa shape index (κ2) is 15.5. The van der Waals surface area contributed by atoms with E-state index in [2.05, 4.69) is 4.74 Å². The van der Waals surface area contributed by atoms with Crippen LogP contribution in [0.5, 0.6) is 0 Å². The first-order chi connectivity index (χ1) is 18.3. The lowest BCUT2D eigenvalue weighted by Gasteiger charge is -2.08. The summed E-state index contributed by atoms with van der Waals surface area (Å²) in [6.45, 7) is 3.59. The highest BCUT2D eigenvalue weighted by molar-refractivity contribution is 7.86. The average Bonchev–Trinajstić information content (AvgIpc) is 2.82. The van der Waals surface area contributed by atoms with Crippen molar-refractivity contribution in [2.24, 2.45) is 0 Å². The zero-order valence-electron chi connectivity index (χ0n) is 20.6. The highest BCUT2D eigenvalue weighted by atomic mass is 32.2. The number of alkyl halides is 6. The largest absolute Gasteiger partial charge is 0.741 e. The van der Waals surface area contributed by atoms with Crippen LogP contribution in [0, 0.1) is 36.5 Å². The topological polar surface area (TPSA) is 226 Å². The summed E-state index contributed by atoms with van der Waals surface area (Å²) >= 11 is 0. The van der Waals surface area contributed by atoms with Crippen molar-refractivity contribution >= 4 is 32.2 Å². The lowest BCUT2D eigenvalue weighted by molar-refractivity contribution is -0.0522. The fourth-order valence-corrected chi connectivity index (χ4v) is 1.86. The molecule has 41 heavy (non-hydrogen) atoms. The predicted molar refractivity (Wildman–Crippen MR) is 122 cm³/mol. The van der Waals surface area contributed by atoms with Gasteiger partial charge in [-0.3, -0.25) is 0 Å². The van der Waals surface area contributed by atoms with Gasteiger partial charge in [-0.2, -0.15) is 36.9 Å². The Morgan fingerprint density at radius 2 is 1.07 bits per heavy atom. The second-order valence-electron chi connectivity index (χ2n) is 6.88. The number of ether oxygens (including phenoxy) is 1. The van der Waals surface area contributed by atoms with Gasteiger partial charge < -0.3 is 18.9 Å². The summed E-state index contributed by atoms with van der Waals surface area (Å²) in [5.74, 6) is -1.43. The van der Waals surface area contributed by atoms with E-state index in [1.165, 1.54) is 25.3 Å². The summed E-state index contributed by atoms with van der Waals surface area (Å²) < 4.78 is 122. The number of hydrogen-bond acceptors (Lipinski definition) is 11. The number of carboxylic acid groups (broad SMARTS) is 1. The van der Waals surface area contributed by atoms with Crippen molar-refractivity contribution in [1.29, 1.82) is 10.5 Å². The molecule has 0 radical (unpaired) electrons. The summed E-state index contributed by atoms with van der Waals surface area (Å²) in [5.41, 5.74) is -8.17. The molecule has 0 fully saturated rings. The summed E-state index contributed by atoms with van der Waals surface area (Å²) in [6.07, 6.45) is 0. The smallest absolute Gasteiger partial charge is 0.485 e. The van der Waals surface area contributed by atoms with Crippen LogP contribution in [0.3, 0.4) is 0 Å². The van der Waals surface area contributed by atoms with Gasteiger partial charge in [-0.1, -0.05) is 12.1 Å². The van der Waals surface area contributed by atoms with Gasteiger partial charge in [-0.25, -0.2) is 26.4 Å². The van der Waals surface area contributed by atoms with Crippen LogP contribution in [-0.2, 0) is 25.0 Å². The molecule has 0 bridgehead atoms. The maximum Gasteiger partial charge on any atom is 0.485 e. The molecule has 0 amide bonds. The Labute approximate surface area is 228 Å². The number of nitriles is 2. The number of methoxy groups -OCH3 is 1. The van der Waals surface area contributed by atoms with Crippen molar-refractivity contribution < 1.29 is 71.7 Å². The van der Waals surface area contributed by atoms with Crippen LogP contribution in [0.4, 0.5) is 26.3 Å². The molecule has 0 aliphatic rings. The van der Waals surface area contributed by atoms with E-state index in [1.807, 2.05) is 19.1 Å². The number of carboxylic acids is 1. The van der Waals surface area contributed by atoms with Crippen molar-refractivity contribution in [3.05, 3.63) is 69.8 Å². The molecule has 0 heterocycles. The summed E-state index contributed by atoms with van der Waals surface area (Å²) in [5, 5.41) is 25.9. The van der Waals surface area contributed by atoms with Crippen molar-refractivity contribution in [3.8, 4) is 12.1 Å². The monoisotopic (exact) mass is 634 g/mol. The lowest BCUT2D eigenvalue weighted by Crippen LogP contribution is -2.21. The minimum atomic E-state index is -6.09. The predicted octanol–water partition coefficient (Wildman–Crippen LogP) is 3.32. The van der Waals surface area contributed by atoms with E-state index in [9.17, 15) is 35.9 Å². The van der Waals surface area contributed by atoms with Crippen molar-refractivity contribution in [3.63, 3.8) is 0 Å². The molecule has 12 nitrogen and oxygen atoms in total. The van der Waals surface area contributed by atoms with Crippen LogP contribution in [0.2, 0.25) is 0 Å². The van der Waals surface area contributed by atoms with Crippen LogP contribution in [-0.4, -0.2) is 61.1 Å². The number of aromatic carboxylic acids is 1. The van der Waals surface area contributed by atoms with Crippen molar-refractivity contribution in [2.45, 2.75) is 24.9 Å². The maximum atomic E-state index is 11.1. The highest BCUT2D eigenvalue weighted by Crippen LogP contribution is 2.21. The van der Waals surface area contributed by atoms with Crippen molar-refractivity contribution in [2.75, 3.05) is 7.11 Å². The van der Waals surface area contributed by atoms with Crippen LogP contribution in [0.15, 0.2) is 36.4 Å². The Kier molecular flexibility index (Phi) is 14.7. The van der Waals surface area contributed by atoms with E-state index in [1.54, 1.807) is 25.1 Å². The molecular formula is C21H16F6N2O10S2-2. The standard InChI is InChI=1S/C10H9NO2.C9H7NO2.2CHF3O3S/c1-7-3-4-8(10(12)13-2)5-9(7)6-11;1-6-2-3-7(9(11)12)4-8(6)5-10;2*2-1(3,4)8(5,6)7/h3-5H,1-2H3;2-4H,1H3,(H,11,12);2*(H,5,6,7)/p-2. The number of carbonyl (C=O) groups excluding carboxylic acids is 1. The molecule has 0 aromatic heterocycles. The highest BCUT2D eigenvalue weighted by Gasteiger charge is 2.37. The van der Waals surface area contributed by atoms with E-state index >= 15 is 0 Å². The average molecular weight is 634 g/mol. The minimum absolute atomic E-state index is 0.150. The molecule has 226 valence electrons. The fourth-order valence-electron chi connectivity index (χ4n) is 1.86. The molecule has 1 N–H and O–H groups in total. The Bertz CT molecular complexity index is 1500. The summed E-state index contributed by atoms with van der Waals surface area (Å²) in [4.78, 5) is 21.5. The molecule has 20 heteroatoms. The molecule has 2 rings (SSSR count).